The molecule has 1 rings (SSSR count). The van der Waals surface area contributed by atoms with Crippen molar-refractivity contribution < 1.29 is 12.8 Å². The van der Waals surface area contributed by atoms with Gasteiger partial charge in [-0.2, -0.15) is 0 Å². The van der Waals surface area contributed by atoms with Crippen molar-refractivity contribution in [3.8, 4) is 0 Å². The second kappa shape index (κ2) is 6.70. The number of hydrogen-bond donors (Lipinski definition) is 1. The molecule has 0 aliphatic carbocycles. The van der Waals surface area contributed by atoms with E-state index >= 15 is 0 Å². The Morgan fingerprint density at radius 2 is 2.06 bits per heavy atom. The number of anilines is 1. The zero-order chi connectivity index (χ0) is 13.6. The SMILES string of the molecule is CS(=O)(=O)CCN(CCCN)c1cccc(F)c1. The third kappa shape index (κ3) is 5.46. The fourth-order valence-corrected chi connectivity index (χ4v) is 2.15. The first kappa shape index (κ1) is 14.9. The second-order valence-electron chi connectivity index (χ2n) is 4.24. The monoisotopic (exact) mass is 274 g/mol. The van der Waals surface area contributed by atoms with Crippen molar-refractivity contribution in [1.29, 1.82) is 0 Å². The topological polar surface area (TPSA) is 63.4 Å². The molecule has 102 valence electrons. The molecule has 0 aliphatic heterocycles. The first-order valence-corrected chi connectivity index (χ1v) is 7.87. The molecule has 0 spiro atoms. The van der Waals surface area contributed by atoms with Crippen molar-refractivity contribution in [1.82, 2.24) is 0 Å². The summed E-state index contributed by atoms with van der Waals surface area (Å²) in [4.78, 5) is 1.84. The maximum Gasteiger partial charge on any atom is 0.149 e. The maximum atomic E-state index is 13.2. The number of sulfone groups is 1. The molecule has 4 nitrogen and oxygen atoms in total. The Balaban J connectivity index is 2.77. The predicted octanol–water partition coefficient (Wildman–Crippen LogP) is 1.03. The van der Waals surface area contributed by atoms with Gasteiger partial charge in [-0.1, -0.05) is 6.07 Å². The predicted molar refractivity (Wildman–Crippen MR) is 72.0 cm³/mol. The van der Waals surface area contributed by atoms with Crippen LogP contribution in [0, 0.1) is 5.82 Å². The van der Waals surface area contributed by atoms with Gasteiger partial charge in [-0.15, -0.1) is 0 Å². The van der Waals surface area contributed by atoms with Crippen LogP contribution >= 0.6 is 0 Å². The highest BCUT2D eigenvalue weighted by atomic mass is 32.2. The van der Waals surface area contributed by atoms with Gasteiger partial charge in [0, 0.05) is 25.0 Å². The third-order valence-electron chi connectivity index (χ3n) is 2.54. The lowest BCUT2D eigenvalue weighted by molar-refractivity contribution is 0.599. The molecule has 1 aromatic carbocycles. The molecule has 2 N–H and O–H groups in total. The van der Waals surface area contributed by atoms with Crippen LogP contribution < -0.4 is 10.6 Å². The van der Waals surface area contributed by atoms with E-state index in [1.165, 1.54) is 18.4 Å². The van der Waals surface area contributed by atoms with Crippen molar-refractivity contribution in [2.75, 3.05) is 36.5 Å². The van der Waals surface area contributed by atoms with Crippen LogP contribution in [0.4, 0.5) is 10.1 Å². The lowest BCUT2D eigenvalue weighted by Crippen LogP contribution is -2.31. The first-order chi connectivity index (χ1) is 8.42. The van der Waals surface area contributed by atoms with E-state index in [1.54, 1.807) is 12.1 Å². The van der Waals surface area contributed by atoms with Gasteiger partial charge in [0.2, 0.25) is 0 Å². The molecule has 0 saturated carbocycles. The molecule has 0 atom stereocenters. The lowest BCUT2D eigenvalue weighted by Gasteiger charge is -2.24. The van der Waals surface area contributed by atoms with Crippen LogP contribution in [-0.4, -0.2) is 40.1 Å². The minimum Gasteiger partial charge on any atom is -0.370 e. The van der Waals surface area contributed by atoms with Crippen LogP contribution in [0.5, 0.6) is 0 Å². The molecule has 0 saturated heterocycles. The summed E-state index contributed by atoms with van der Waals surface area (Å²) < 4.78 is 35.5. The molecule has 0 aliphatic rings. The van der Waals surface area contributed by atoms with E-state index in [-0.39, 0.29) is 11.6 Å². The molecule has 0 unspecified atom stereocenters. The van der Waals surface area contributed by atoms with E-state index in [0.717, 1.165) is 6.42 Å². The minimum atomic E-state index is -3.03. The lowest BCUT2D eigenvalue weighted by atomic mass is 10.2. The Labute approximate surface area is 108 Å². The van der Waals surface area contributed by atoms with E-state index in [4.69, 9.17) is 5.73 Å². The summed E-state index contributed by atoms with van der Waals surface area (Å²) in [5, 5.41) is 0. The van der Waals surface area contributed by atoms with E-state index in [0.29, 0.717) is 25.3 Å². The van der Waals surface area contributed by atoms with Crippen LogP contribution in [0.2, 0.25) is 0 Å². The highest BCUT2D eigenvalue weighted by Crippen LogP contribution is 2.15. The fraction of sp³-hybridized carbons (Fsp3) is 0.500. The quantitative estimate of drug-likeness (QED) is 0.806. The minimum absolute atomic E-state index is 0.0497. The van der Waals surface area contributed by atoms with Crippen molar-refractivity contribution in [2.45, 2.75) is 6.42 Å². The largest absolute Gasteiger partial charge is 0.370 e. The standard InChI is InChI=1S/C12H19FN2O2S/c1-18(16,17)9-8-15(7-3-6-14)12-5-2-4-11(13)10-12/h2,4-5,10H,3,6-9,14H2,1H3. The van der Waals surface area contributed by atoms with Crippen molar-refractivity contribution in [3.63, 3.8) is 0 Å². The fourth-order valence-electron chi connectivity index (χ4n) is 1.60. The van der Waals surface area contributed by atoms with Gasteiger partial charge in [0.15, 0.2) is 0 Å². The van der Waals surface area contributed by atoms with Gasteiger partial charge in [-0.3, -0.25) is 0 Å². The number of halogens is 1. The highest BCUT2D eigenvalue weighted by Gasteiger charge is 2.10. The van der Waals surface area contributed by atoms with Gasteiger partial charge in [0.1, 0.15) is 15.7 Å². The van der Waals surface area contributed by atoms with Gasteiger partial charge in [-0.05, 0) is 31.2 Å². The molecular formula is C12H19FN2O2S. The third-order valence-corrected chi connectivity index (χ3v) is 3.46. The number of hydrogen-bond acceptors (Lipinski definition) is 4. The molecule has 0 amide bonds. The van der Waals surface area contributed by atoms with Gasteiger partial charge >= 0.3 is 0 Å². The maximum absolute atomic E-state index is 13.2. The average Bonchev–Trinajstić information content (AvgIpc) is 2.28. The highest BCUT2D eigenvalue weighted by molar-refractivity contribution is 7.90. The summed E-state index contributed by atoms with van der Waals surface area (Å²) in [7, 11) is -3.03. The van der Waals surface area contributed by atoms with Crippen LogP contribution in [0.3, 0.4) is 0 Å². The van der Waals surface area contributed by atoms with E-state index in [2.05, 4.69) is 0 Å². The molecule has 6 heteroatoms. The van der Waals surface area contributed by atoms with Crippen molar-refractivity contribution in [2.24, 2.45) is 5.73 Å². The Bertz CT molecular complexity index is 477. The second-order valence-corrected chi connectivity index (χ2v) is 6.50. The van der Waals surface area contributed by atoms with E-state index < -0.39 is 9.84 Å². The molecule has 18 heavy (non-hydrogen) atoms. The molecular weight excluding hydrogens is 255 g/mol. The summed E-state index contributed by atoms with van der Waals surface area (Å²) in [5.41, 5.74) is 6.13. The average molecular weight is 274 g/mol. The molecule has 0 aromatic heterocycles. The Morgan fingerprint density at radius 3 is 2.61 bits per heavy atom. The van der Waals surface area contributed by atoms with Gasteiger partial charge in [-0.25, -0.2) is 12.8 Å². The number of rotatable bonds is 7. The molecule has 0 bridgehead atoms. The molecule has 0 fully saturated rings. The number of benzene rings is 1. The molecule has 1 aromatic rings. The molecule has 0 heterocycles. The van der Waals surface area contributed by atoms with E-state index in [9.17, 15) is 12.8 Å². The van der Waals surface area contributed by atoms with Crippen molar-refractivity contribution in [3.05, 3.63) is 30.1 Å². The summed E-state index contributed by atoms with van der Waals surface area (Å²) in [6.45, 7) is 1.49. The Morgan fingerprint density at radius 1 is 1.33 bits per heavy atom. The van der Waals surface area contributed by atoms with Gasteiger partial charge in [0.25, 0.3) is 0 Å². The Kier molecular flexibility index (Phi) is 5.55. The van der Waals surface area contributed by atoms with Crippen LogP contribution in [0.25, 0.3) is 0 Å². The summed E-state index contributed by atoms with van der Waals surface area (Å²) in [6, 6.07) is 6.14. The number of nitrogens with two attached hydrogens (primary N) is 1. The van der Waals surface area contributed by atoms with Crippen LogP contribution in [0.15, 0.2) is 24.3 Å². The smallest absolute Gasteiger partial charge is 0.149 e. The molecule has 0 radical (unpaired) electrons. The summed E-state index contributed by atoms with van der Waals surface area (Å²) in [6.07, 6.45) is 1.93. The van der Waals surface area contributed by atoms with Gasteiger partial charge < -0.3 is 10.6 Å². The van der Waals surface area contributed by atoms with Gasteiger partial charge in [0.05, 0.1) is 5.75 Å². The number of nitrogens with zero attached hydrogens (tertiary/aromatic N) is 1. The van der Waals surface area contributed by atoms with Crippen LogP contribution in [-0.2, 0) is 9.84 Å². The zero-order valence-electron chi connectivity index (χ0n) is 10.5. The normalized spacial score (nSPS) is 11.5. The van der Waals surface area contributed by atoms with E-state index in [1.807, 2.05) is 4.90 Å². The Hall–Kier alpha value is -1.14. The zero-order valence-corrected chi connectivity index (χ0v) is 11.3. The first-order valence-electron chi connectivity index (χ1n) is 5.80. The van der Waals surface area contributed by atoms with Crippen LogP contribution in [0.1, 0.15) is 6.42 Å². The van der Waals surface area contributed by atoms with Crippen molar-refractivity contribution >= 4 is 15.5 Å². The summed E-state index contributed by atoms with van der Waals surface area (Å²) >= 11 is 0. The summed E-state index contributed by atoms with van der Waals surface area (Å²) in [5.74, 6) is -0.279.